The minimum Gasteiger partial charge on any atom is -0.284 e. The molecule has 0 atom stereocenters. The van der Waals surface area contributed by atoms with Crippen LogP contribution in [0.2, 0.25) is 0 Å². The summed E-state index contributed by atoms with van der Waals surface area (Å²) in [5, 5.41) is 16.9. The summed E-state index contributed by atoms with van der Waals surface area (Å²) in [6.07, 6.45) is 4.67. The van der Waals surface area contributed by atoms with Gasteiger partial charge in [-0.25, -0.2) is 18.7 Å². The number of thiazole rings is 1. The number of halogens is 2. The molecule has 0 radical (unpaired) electrons. The van der Waals surface area contributed by atoms with Gasteiger partial charge in [-0.15, -0.1) is 11.3 Å². The third kappa shape index (κ3) is 2.82. The van der Waals surface area contributed by atoms with Gasteiger partial charge in [0.05, 0.1) is 10.6 Å². The fraction of sp³-hybridized carbons (Fsp3) is 0. The van der Waals surface area contributed by atoms with Crippen LogP contribution in [0.3, 0.4) is 0 Å². The van der Waals surface area contributed by atoms with Crippen molar-refractivity contribution in [2.45, 2.75) is 0 Å². The molecule has 26 heavy (non-hydrogen) atoms. The van der Waals surface area contributed by atoms with Crippen LogP contribution in [0.15, 0.2) is 40.9 Å². The van der Waals surface area contributed by atoms with E-state index in [0.29, 0.717) is 26.9 Å². The SMILES string of the molecule is N=C1S/C(=C\c2c[nH]nc2-c2ccc(F)c(F)c2)C(=O)N1c1nccs1. The molecule has 0 saturated carbocycles. The van der Waals surface area contributed by atoms with Crippen LogP contribution in [0.4, 0.5) is 13.9 Å². The van der Waals surface area contributed by atoms with Crippen LogP contribution in [0.25, 0.3) is 17.3 Å². The first-order chi connectivity index (χ1) is 12.5. The highest BCUT2D eigenvalue weighted by Crippen LogP contribution is 2.37. The summed E-state index contributed by atoms with van der Waals surface area (Å²) >= 11 is 2.26. The van der Waals surface area contributed by atoms with E-state index in [1.54, 1.807) is 23.8 Å². The monoisotopic (exact) mass is 389 g/mol. The van der Waals surface area contributed by atoms with Crippen LogP contribution in [-0.2, 0) is 4.79 Å². The van der Waals surface area contributed by atoms with Gasteiger partial charge < -0.3 is 0 Å². The summed E-state index contributed by atoms with van der Waals surface area (Å²) in [6, 6.07) is 3.47. The quantitative estimate of drug-likeness (QED) is 0.666. The smallest absolute Gasteiger partial charge is 0.273 e. The summed E-state index contributed by atoms with van der Waals surface area (Å²) < 4.78 is 26.6. The number of amides is 1. The normalized spacial score (nSPS) is 16.1. The van der Waals surface area contributed by atoms with Crippen LogP contribution in [0, 0.1) is 17.0 Å². The molecule has 2 aromatic heterocycles. The Morgan fingerprint density at radius 3 is 2.85 bits per heavy atom. The number of thioether (sulfide) groups is 1. The molecule has 1 saturated heterocycles. The van der Waals surface area contributed by atoms with Gasteiger partial charge in [0.15, 0.2) is 21.9 Å². The summed E-state index contributed by atoms with van der Waals surface area (Å²) in [5.74, 6) is -2.29. The lowest BCUT2D eigenvalue weighted by Crippen LogP contribution is -2.27. The predicted octanol–water partition coefficient (Wildman–Crippen LogP) is 3.87. The second-order valence-electron chi connectivity index (χ2n) is 5.19. The zero-order valence-corrected chi connectivity index (χ0v) is 14.5. The summed E-state index contributed by atoms with van der Waals surface area (Å²) in [6.45, 7) is 0. The molecule has 0 unspecified atom stereocenters. The average Bonchev–Trinajstić information content (AvgIpc) is 3.33. The van der Waals surface area contributed by atoms with Crippen molar-refractivity contribution in [3.8, 4) is 11.3 Å². The molecule has 0 bridgehead atoms. The number of hydrogen-bond acceptors (Lipinski definition) is 6. The Kier molecular flexibility index (Phi) is 4.13. The summed E-state index contributed by atoms with van der Waals surface area (Å²) in [4.78, 5) is 18.2. The standard InChI is InChI=1S/C16H9F2N5OS2/c17-10-2-1-8(5-11(10)18)13-9(7-21-22-13)6-12-14(24)23(15(19)26-12)16-20-3-4-25-16/h1-7,19H,(H,21,22)/b12-6-,19-15?. The average molecular weight is 389 g/mol. The number of anilines is 1. The molecule has 3 heterocycles. The number of H-pyrrole nitrogens is 1. The Bertz CT molecular complexity index is 1040. The number of carbonyl (C=O) groups excluding carboxylic acids is 1. The predicted molar refractivity (Wildman–Crippen MR) is 96.8 cm³/mol. The van der Waals surface area contributed by atoms with Gasteiger partial charge in [-0.1, -0.05) is 0 Å². The van der Waals surface area contributed by atoms with E-state index in [1.807, 2.05) is 0 Å². The van der Waals surface area contributed by atoms with Crippen LogP contribution >= 0.6 is 23.1 Å². The molecular formula is C16H9F2N5OS2. The van der Waals surface area contributed by atoms with Gasteiger partial charge in [0.25, 0.3) is 5.91 Å². The molecule has 1 amide bonds. The van der Waals surface area contributed by atoms with Crippen molar-refractivity contribution in [1.29, 1.82) is 5.41 Å². The van der Waals surface area contributed by atoms with Crippen LogP contribution in [0.1, 0.15) is 5.56 Å². The van der Waals surface area contributed by atoms with Crippen molar-refractivity contribution < 1.29 is 13.6 Å². The van der Waals surface area contributed by atoms with Gasteiger partial charge >= 0.3 is 0 Å². The summed E-state index contributed by atoms with van der Waals surface area (Å²) in [7, 11) is 0. The van der Waals surface area contributed by atoms with E-state index in [1.165, 1.54) is 22.3 Å². The first-order valence-electron chi connectivity index (χ1n) is 7.26. The molecule has 2 N–H and O–H groups in total. The van der Waals surface area contributed by atoms with E-state index in [-0.39, 0.29) is 11.1 Å². The maximum atomic E-state index is 13.5. The molecular weight excluding hydrogens is 380 g/mol. The maximum absolute atomic E-state index is 13.5. The second-order valence-corrected chi connectivity index (χ2v) is 7.09. The molecule has 0 spiro atoms. The van der Waals surface area contributed by atoms with Crippen LogP contribution in [0.5, 0.6) is 0 Å². The van der Waals surface area contributed by atoms with Crippen molar-refractivity contribution >= 4 is 45.4 Å². The lowest BCUT2D eigenvalue weighted by molar-refractivity contribution is -0.113. The number of aromatic nitrogens is 3. The molecule has 0 aliphatic carbocycles. The van der Waals surface area contributed by atoms with Crippen molar-refractivity contribution in [3.63, 3.8) is 0 Å². The van der Waals surface area contributed by atoms with Gasteiger partial charge in [0, 0.05) is 28.9 Å². The molecule has 4 rings (SSSR count). The third-order valence-corrected chi connectivity index (χ3v) is 5.23. The van der Waals surface area contributed by atoms with Crippen LogP contribution < -0.4 is 4.90 Å². The molecule has 6 nitrogen and oxygen atoms in total. The lowest BCUT2D eigenvalue weighted by atomic mass is 10.1. The molecule has 1 aromatic carbocycles. The molecule has 130 valence electrons. The van der Waals surface area contributed by atoms with Gasteiger partial charge in [-0.05, 0) is 36.0 Å². The van der Waals surface area contributed by atoms with Gasteiger partial charge in [-0.3, -0.25) is 15.3 Å². The topological polar surface area (TPSA) is 85.7 Å². The Labute approximate surface area is 154 Å². The number of carbonyl (C=O) groups is 1. The Hall–Kier alpha value is -2.85. The van der Waals surface area contributed by atoms with E-state index in [0.717, 1.165) is 23.9 Å². The fourth-order valence-corrected chi connectivity index (χ4v) is 3.95. The van der Waals surface area contributed by atoms with Crippen molar-refractivity contribution in [2.24, 2.45) is 0 Å². The highest BCUT2D eigenvalue weighted by Gasteiger charge is 2.35. The third-order valence-electron chi connectivity index (χ3n) is 3.58. The first kappa shape index (κ1) is 16.6. The van der Waals surface area contributed by atoms with Gasteiger partial charge in [0.1, 0.15) is 0 Å². The molecule has 1 aliphatic rings. The van der Waals surface area contributed by atoms with E-state index in [4.69, 9.17) is 5.41 Å². The maximum Gasteiger partial charge on any atom is 0.273 e. The molecule has 3 aromatic rings. The fourth-order valence-electron chi connectivity index (χ4n) is 2.41. The number of nitrogens with zero attached hydrogens (tertiary/aromatic N) is 3. The number of amidine groups is 1. The number of rotatable bonds is 3. The Morgan fingerprint density at radius 2 is 2.12 bits per heavy atom. The zero-order chi connectivity index (χ0) is 18.3. The van der Waals surface area contributed by atoms with E-state index in [9.17, 15) is 13.6 Å². The van der Waals surface area contributed by atoms with E-state index < -0.39 is 11.6 Å². The number of benzene rings is 1. The zero-order valence-electron chi connectivity index (χ0n) is 12.9. The number of nitrogens with one attached hydrogen (secondary N) is 2. The van der Waals surface area contributed by atoms with Crippen LogP contribution in [-0.4, -0.2) is 26.3 Å². The van der Waals surface area contributed by atoms with E-state index in [2.05, 4.69) is 15.2 Å². The van der Waals surface area contributed by atoms with Gasteiger partial charge in [-0.2, -0.15) is 5.10 Å². The largest absolute Gasteiger partial charge is 0.284 e. The lowest BCUT2D eigenvalue weighted by Gasteiger charge is -2.08. The molecule has 1 fully saturated rings. The molecule has 10 heteroatoms. The number of aromatic amines is 1. The van der Waals surface area contributed by atoms with E-state index >= 15 is 0 Å². The van der Waals surface area contributed by atoms with Crippen molar-refractivity contribution in [1.82, 2.24) is 15.2 Å². The first-order valence-corrected chi connectivity index (χ1v) is 8.95. The highest BCUT2D eigenvalue weighted by atomic mass is 32.2. The summed E-state index contributed by atoms with van der Waals surface area (Å²) in [5.41, 5.74) is 1.28. The minimum absolute atomic E-state index is 0.0501. The Morgan fingerprint density at radius 1 is 1.27 bits per heavy atom. The van der Waals surface area contributed by atoms with Crippen molar-refractivity contribution in [3.05, 3.63) is 58.1 Å². The number of hydrogen-bond donors (Lipinski definition) is 2. The highest BCUT2D eigenvalue weighted by molar-refractivity contribution is 8.19. The van der Waals surface area contributed by atoms with Gasteiger partial charge in [0.2, 0.25) is 0 Å². The Balaban J connectivity index is 1.70. The molecule has 1 aliphatic heterocycles. The van der Waals surface area contributed by atoms with Crippen molar-refractivity contribution in [2.75, 3.05) is 4.90 Å². The minimum atomic E-state index is -0.979. The second kappa shape index (κ2) is 6.46.